The highest BCUT2D eigenvalue weighted by molar-refractivity contribution is 6.30. The van der Waals surface area contributed by atoms with Gasteiger partial charge in [-0.25, -0.2) is 0 Å². The van der Waals surface area contributed by atoms with E-state index in [2.05, 4.69) is 21.6 Å². The molecule has 2 aromatic rings. The third-order valence-corrected chi connectivity index (χ3v) is 4.55. The Hall–Kier alpha value is -1.79. The molecule has 7 heteroatoms. The van der Waals surface area contributed by atoms with Gasteiger partial charge in [0.2, 0.25) is 5.91 Å². The first-order chi connectivity index (χ1) is 12.2. The van der Waals surface area contributed by atoms with E-state index in [0.717, 1.165) is 25.2 Å². The summed E-state index contributed by atoms with van der Waals surface area (Å²) < 4.78 is 5.29. The summed E-state index contributed by atoms with van der Waals surface area (Å²) in [6.07, 6.45) is 0. The molecule has 0 aromatic heterocycles. The van der Waals surface area contributed by atoms with E-state index < -0.39 is 0 Å². The monoisotopic (exact) mass is 395 g/mol. The van der Waals surface area contributed by atoms with E-state index in [-0.39, 0.29) is 24.4 Å². The van der Waals surface area contributed by atoms with Crippen molar-refractivity contribution in [2.75, 3.05) is 38.6 Å². The van der Waals surface area contributed by atoms with Gasteiger partial charge in [0, 0.05) is 30.7 Å². The van der Waals surface area contributed by atoms with Crippen molar-refractivity contribution in [3.8, 4) is 5.75 Å². The maximum Gasteiger partial charge on any atom is 0.238 e. The predicted molar refractivity (Wildman–Crippen MR) is 108 cm³/mol. The minimum atomic E-state index is -0.0570. The Kier molecular flexibility index (Phi) is 7.72. The van der Waals surface area contributed by atoms with Crippen LogP contribution in [-0.2, 0) is 4.79 Å². The molecule has 0 saturated carbocycles. The van der Waals surface area contributed by atoms with Crippen molar-refractivity contribution >= 4 is 35.6 Å². The van der Waals surface area contributed by atoms with E-state index in [0.29, 0.717) is 23.0 Å². The molecule has 0 bridgehead atoms. The Morgan fingerprint density at radius 1 is 1.31 bits per heavy atom. The lowest BCUT2D eigenvalue weighted by Gasteiger charge is -2.36. The SMILES string of the molecule is COc1ccccc1NC(=O)CN1CCNCC1c1cccc(Cl)c1.Cl. The second kappa shape index (κ2) is 9.78. The molecule has 0 radical (unpaired) electrons. The second-order valence-electron chi connectivity index (χ2n) is 5.99. The number of piperazine rings is 1. The number of carbonyl (C=O) groups is 1. The van der Waals surface area contributed by atoms with Crippen molar-refractivity contribution < 1.29 is 9.53 Å². The molecule has 5 nitrogen and oxygen atoms in total. The molecule has 26 heavy (non-hydrogen) atoms. The number of rotatable bonds is 5. The number of nitrogens with zero attached hydrogens (tertiary/aromatic N) is 1. The maximum atomic E-state index is 12.5. The molecule has 0 spiro atoms. The van der Waals surface area contributed by atoms with Crippen LogP contribution in [0.15, 0.2) is 48.5 Å². The molecule has 2 aromatic carbocycles. The van der Waals surface area contributed by atoms with Crippen molar-refractivity contribution in [3.63, 3.8) is 0 Å². The van der Waals surface area contributed by atoms with E-state index in [9.17, 15) is 4.79 Å². The predicted octanol–water partition coefficient (Wildman–Crippen LogP) is 3.36. The molecule has 140 valence electrons. The Bertz CT molecular complexity index is 742. The number of carbonyl (C=O) groups excluding carboxylic acids is 1. The van der Waals surface area contributed by atoms with Crippen LogP contribution in [0.3, 0.4) is 0 Å². The number of ether oxygens (including phenoxy) is 1. The number of hydrogen-bond acceptors (Lipinski definition) is 4. The standard InChI is InChI=1S/C19H22ClN3O2.ClH/c1-25-18-8-3-2-7-16(18)22-19(24)13-23-10-9-21-12-17(23)14-5-4-6-15(20)11-14;/h2-8,11,17,21H,9-10,12-13H2,1H3,(H,22,24);1H. The average Bonchev–Trinajstić information content (AvgIpc) is 2.62. The average molecular weight is 396 g/mol. The quantitative estimate of drug-likeness (QED) is 0.814. The number of para-hydroxylation sites is 2. The summed E-state index contributed by atoms with van der Waals surface area (Å²) in [4.78, 5) is 14.7. The van der Waals surface area contributed by atoms with E-state index in [1.807, 2.05) is 42.5 Å². The fraction of sp³-hybridized carbons (Fsp3) is 0.316. The molecule has 1 aliphatic heterocycles. The first kappa shape index (κ1) is 20.5. The van der Waals surface area contributed by atoms with Gasteiger partial charge in [0.15, 0.2) is 0 Å². The highest BCUT2D eigenvalue weighted by Crippen LogP contribution is 2.26. The first-order valence-corrected chi connectivity index (χ1v) is 8.68. The summed E-state index contributed by atoms with van der Waals surface area (Å²) in [5.74, 6) is 0.598. The van der Waals surface area contributed by atoms with Gasteiger partial charge in [0.1, 0.15) is 5.75 Å². The van der Waals surface area contributed by atoms with Crippen LogP contribution in [0.4, 0.5) is 5.69 Å². The van der Waals surface area contributed by atoms with Crippen molar-refractivity contribution in [2.45, 2.75) is 6.04 Å². The van der Waals surface area contributed by atoms with Crippen LogP contribution < -0.4 is 15.4 Å². The van der Waals surface area contributed by atoms with Crippen LogP contribution in [0.2, 0.25) is 5.02 Å². The number of benzene rings is 2. The molecular weight excluding hydrogens is 373 g/mol. The van der Waals surface area contributed by atoms with Crippen molar-refractivity contribution in [2.24, 2.45) is 0 Å². The summed E-state index contributed by atoms with van der Waals surface area (Å²) in [6, 6.07) is 15.4. The van der Waals surface area contributed by atoms with Crippen molar-refractivity contribution in [1.29, 1.82) is 0 Å². The highest BCUT2D eigenvalue weighted by atomic mass is 35.5. The Balaban J connectivity index is 0.00000243. The lowest BCUT2D eigenvalue weighted by atomic mass is 10.0. The van der Waals surface area contributed by atoms with Crippen LogP contribution in [0, 0.1) is 0 Å². The largest absolute Gasteiger partial charge is 0.495 e. The van der Waals surface area contributed by atoms with Gasteiger partial charge in [0.25, 0.3) is 0 Å². The van der Waals surface area contributed by atoms with Gasteiger partial charge in [-0.05, 0) is 29.8 Å². The van der Waals surface area contributed by atoms with Crippen LogP contribution in [0.25, 0.3) is 0 Å². The smallest absolute Gasteiger partial charge is 0.238 e. The number of nitrogens with one attached hydrogen (secondary N) is 2. The highest BCUT2D eigenvalue weighted by Gasteiger charge is 2.25. The normalized spacial score (nSPS) is 17.2. The minimum absolute atomic E-state index is 0. The molecule has 1 heterocycles. The number of hydrogen-bond donors (Lipinski definition) is 2. The van der Waals surface area contributed by atoms with Gasteiger partial charge in [-0.15, -0.1) is 12.4 Å². The topological polar surface area (TPSA) is 53.6 Å². The third-order valence-electron chi connectivity index (χ3n) is 4.32. The zero-order valence-electron chi connectivity index (χ0n) is 14.6. The molecular formula is C19H23Cl2N3O2. The summed E-state index contributed by atoms with van der Waals surface area (Å²) in [7, 11) is 1.59. The molecule has 1 atom stereocenters. The van der Waals surface area contributed by atoms with Crippen LogP contribution in [0.1, 0.15) is 11.6 Å². The second-order valence-corrected chi connectivity index (χ2v) is 6.43. The maximum absolute atomic E-state index is 12.5. The van der Waals surface area contributed by atoms with E-state index in [1.54, 1.807) is 7.11 Å². The van der Waals surface area contributed by atoms with Gasteiger partial charge < -0.3 is 15.4 Å². The number of halogens is 2. The molecule has 0 aliphatic carbocycles. The van der Waals surface area contributed by atoms with Gasteiger partial charge in [0.05, 0.1) is 19.3 Å². The molecule has 1 unspecified atom stereocenters. The van der Waals surface area contributed by atoms with E-state index in [4.69, 9.17) is 16.3 Å². The minimum Gasteiger partial charge on any atom is -0.495 e. The van der Waals surface area contributed by atoms with Crippen LogP contribution >= 0.6 is 24.0 Å². The molecule has 1 aliphatic rings. The van der Waals surface area contributed by atoms with Gasteiger partial charge in [-0.1, -0.05) is 35.9 Å². The Morgan fingerprint density at radius 3 is 2.88 bits per heavy atom. The van der Waals surface area contributed by atoms with E-state index in [1.165, 1.54) is 0 Å². The number of amides is 1. The van der Waals surface area contributed by atoms with Gasteiger partial charge in [-0.3, -0.25) is 9.69 Å². The van der Waals surface area contributed by atoms with Crippen LogP contribution in [0.5, 0.6) is 5.75 Å². The van der Waals surface area contributed by atoms with Crippen molar-refractivity contribution in [1.82, 2.24) is 10.2 Å². The fourth-order valence-corrected chi connectivity index (χ4v) is 3.30. The number of methoxy groups -OCH3 is 1. The zero-order valence-corrected chi connectivity index (χ0v) is 16.1. The third kappa shape index (κ3) is 5.11. The van der Waals surface area contributed by atoms with E-state index >= 15 is 0 Å². The number of anilines is 1. The Labute approximate surface area is 165 Å². The molecule has 1 saturated heterocycles. The van der Waals surface area contributed by atoms with Crippen molar-refractivity contribution in [3.05, 3.63) is 59.1 Å². The Morgan fingerprint density at radius 2 is 2.12 bits per heavy atom. The lowest BCUT2D eigenvalue weighted by molar-refractivity contribution is -0.118. The molecule has 2 N–H and O–H groups in total. The summed E-state index contributed by atoms with van der Waals surface area (Å²) in [5.41, 5.74) is 1.80. The summed E-state index contributed by atoms with van der Waals surface area (Å²) >= 11 is 6.13. The first-order valence-electron chi connectivity index (χ1n) is 8.30. The van der Waals surface area contributed by atoms with Gasteiger partial charge >= 0.3 is 0 Å². The fourth-order valence-electron chi connectivity index (χ4n) is 3.10. The lowest BCUT2D eigenvalue weighted by Crippen LogP contribution is -2.48. The van der Waals surface area contributed by atoms with Crippen LogP contribution in [-0.4, -0.2) is 44.1 Å². The molecule has 1 amide bonds. The van der Waals surface area contributed by atoms with Gasteiger partial charge in [-0.2, -0.15) is 0 Å². The summed E-state index contributed by atoms with van der Waals surface area (Å²) in [6.45, 7) is 2.77. The summed E-state index contributed by atoms with van der Waals surface area (Å²) in [5, 5.41) is 7.04. The zero-order chi connectivity index (χ0) is 17.6. The molecule has 1 fully saturated rings. The molecule has 3 rings (SSSR count).